The Labute approximate surface area is 191 Å². The van der Waals surface area contributed by atoms with Crippen LogP contribution in [-0.4, -0.2) is 68.4 Å². The maximum absolute atomic E-state index is 13.1. The molecule has 174 valence electrons. The summed E-state index contributed by atoms with van der Waals surface area (Å²) in [6.45, 7) is 5.89. The van der Waals surface area contributed by atoms with Gasteiger partial charge in [-0.1, -0.05) is 31.0 Å². The van der Waals surface area contributed by atoms with Gasteiger partial charge in [0.25, 0.3) is 5.24 Å². The molecule has 1 aromatic heterocycles. The maximum atomic E-state index is 13.1. The number of nitrogens with one attached hydrogen (secondary N) is 1. The van der Waals surface area contributed by atoms with Crippen LogP contribution in [0.2, 0.25) is 0 Å². The first-order chi connectivity index (χ1) is 14.6. The van der Waals surface area contributed by atoms with E-state index < -0.39 is 21.7 Å². The number of rotatable bonds is 6. The van der Waals surface area contributed by atoms with Crippen molar-refractivity contribution in [3.8, 4) is 0 Å². The topological polar surface area (TPSA) is 84.4 Å². The van der Waals surface area contributed by atoms with Gasteiger partial charge in [0.1, 0.15) is 11.4 Å². The molecule has 2 aliphatic rings. The Hall–Kier alpha value is -1.48. The fourth-order valence-corrected chi connectivity index (χ4v) is 6.83. The van der Waals surface area contributed by atoms with Gasteiger partial charge >= 0.3 is 6.09 Å². The average molecular weight is 469 g/mol. The van der Waals surface area contributed by atoms with Crippen molar-refractivity contribution < 1.29 is 14.3 Å². The van der Waals surface area contributed by atoms with Gasteiger partial charge in [0.2, 0.25) is 0 Å². The molecule has 7 nitrogen and oxygen atoms in total. The first-order valence-electron chi connectivity index (χ1n) is 11.1. The van der Waals surface area contributed by atoms with Gasteiger partial charge in [0, 0.05) is 30.1 Å². The Kier molecular flexibility index (Phi) is 7.78. The predicted octanol–water partition coefficient (Wildman–Crippen LogP) is 5.29. The molecule has 31 heavy (non-hydrogen) atoms. The summed E-state index contributed by atoms with van der Waals surface area (Å²) in [6.07, 6.45) is 12.3. The number of anilines is 1. The van der Waals surface area contributed by atoms with E-state index in [1.807, 2.05) is 39.5 Å². The van der Waals surface area contributed by atoms with Crippen LogP contribution in [0.25, 0.3) is 0 Å². The number of nitrogens with zero attached hydrogens (tertiary/aromatic N) is 3. The molecule has 0 bridgehead atoms. The quantitative estimate of drug-likeness (QED) is 0.448. The molecular formula is C22H36N4O3S2. The molecule has 1 saturated carbocycles. The molecule has 0 aromatic carbocycles. The van der Waals surface area contributed by atoms with Crippen LogP contribution < -0.4 is 5.32 Å². The largest absolute Gasteiger partial charge is 0.443 e. The van der Waals surface area contributed by atoms with Gasteiger partial charge in [-0.15, -0.1) is 0 Å². The second-order valence-electron chi connectivity index (χ2n) is 9.54. The summed E-state index contributed by atoms with van der Waals surface area (Å²) in [5.41, 5.74) is 0.447. The van der Waals surface area contributed by atoms with Gasteiger partial charge < -0.3 is 10.1 Å². The Balaban J connectivity index is 1.68. The van der Waals surface area contributed by atoms with Crippen molar-refractivity contribution in [1.29, 1.82) is 0 Å². The van der Waals surface area contributed by atoms with Crippen molar-refractivity contribution in [2.24, 2.45) is 0 Å². The van der Waals surface area contributed by atoms with Crippen LogP contribution in [0, 0.1) is 0 Å². The zero-order valence-electron chi connectivity index (χ0n) is 19.4. The molecule has 1 aliphatic carbocycles. The van der Waals surface area contributed by atoms with E-state index >= 15 is 0 Å². The first-order valence-corrected chi connectivity index (χ1v) is 14.7. The standard InChI is InChI=1S/C22H36N4O3S2/c1-22(2,3)29-20(27)26-12-14-31(5,21(26)28)13-11-16-15-23-19(30-4)25-18(16)24-17-9-7-6-8-10-17/h15,17H,6-14H2,1-5H3,(H,23,24,25). The van der Waals surface area contributed by atoms with Crippen molar-refractivity contribution in [2.75, 3.05) is 35.9 Å². The second-order valence-corrected chi connectivity index (χ2v) is 14.0. The Bertz CT molecular complexity index is 808. The fraction of sp³-hybridized carbons (Fsp3) is 0.727. The van der Waals surface area contributed by atoms with Crippen molar-refractivity contribution in [2.45, 2.75) is 76.1 Å². The molecule has 2 amide bonds. The van der Waals surface area contributed by atoms with Gasteiger partial charge in [-0.25, -0.2) is 19.7 Å². The number of thioether (sulfide) groups is 1. The highest BCUT2D eigenvalue weighted by molar-refractivity contribution is 8.45. The van der Waals surface area contributed by atoms with Gasteiger partial charge in [-0.2, -0.15) is 10.0 Å². The SMILES string of the molecule is CSc1ncc(CCS2(C)CCN(C(=O)OC(C)(C)C)C2=O)c(NC2CCCCC2)n1. The molecule has 1 unspecified atom stereocenters. The molecule has 3 rings (SSSR count). The second kappa shape index (κ2) is 9.98. The third-order valence-corrected chi connectivity index (χ3v) is 9.63. The predicted molar refractivity (Wildman–Crippen MR) is 130 cm³/mol. The molecule has 1 N–H and O–H groups in total. The van der Waals surface area contributed by atoms with Crippen LogP contribution in [0.15, 0.2) is 11.4 Å². The lowest BCUT2D eigenvalue weighted by Crippen LogP contribution is -2.37. The summed E-state index contributed by atoms with van der Waals surface area (Å²) in [4.78, 5) is 36.0. The molecule has 0 radical (unpaired) electrons. The number of amides is 2. The van der Waals surface area contributed by atoms with Crippen molar-refractivity contribution in [1.82, 2.24) is 14.9 Å². The highest BCUT2D eigenvalue weighted by Crippen LogP contribution is 2.51. The number of aryl methyl sites for hydroxylation is 1. The lowest BCUT2D eigenvalue weighted by atomic mass is 9.95. The lowest BCUT2D eigenvalue weighted by Gasteiger charge is -2.30. The first kappa shape index (κ1) is 24.2. The van der Waals surface area contributed by atoms with Crippen LogP contribution in [0.5, 0.6) is 0 Å². The molecule has 0 spiro atoms. The fourth-order valence-electron chi connectivity index (χ4n) is 3.98. The van der Waals surface area contributed by atoms with Gasteiger partial charge in [-0.05, 0) is 58.3 Å². The molecule has 2 heterocycles. The van der Waals surface area contributed by atoms with E-state index in [9.17, 15) is 9.59 Å². The third-order valence-electron chi connectivity index (χ3n) is 5.81. The molecule has 1 saturated heterocycles. The van der Waals surface area contributed by atoms with E-state index in [0.29, 0.717) is 12.6 Å². The summed E-state index contributed by atoms with van der Waals surface area (Å²) in [6, 6.07) is 0.454. The van der Waals surface area contributed by atoms with Gasteiger partial charge in [0.05, 0.1) is 0 Å². The minimum atomic E-state index is -1.60. The molecule has 9 heteroatoms. The van der Waals surface area contributed by atoms with E-state index in [2.05, 4.69) is 10.3 Å². The number of hydrogen-bond donors (Lipinski definition) is 1. The highest BCUT2D eigenvalue weighted by atomic mass is 32.3. The summed E-state index contributed by atoms with van der Waals surface area (Å²) in [5, 5.41) is 4.34. The normalized spacial score (nSPS) is 24.7. The summed E-state index contributed by atoms with van der Waals surface area (Å²) in [7, 11) is -1.60. The van der Waals surface area contributed by atoms with Crippen LogP contribution in [-0.2, 0) is 11.2 Å². The average Bonchev–Trinajstić information content (AvgIpc) is 3.01. The number of carbonyl (C=O) groups is 2. The third kappa shape index (κ3) is 6.28. The van der Waals surface area contributed by atoms with Crippen molar-refractivity contribution >= 4 is 38.9 Å². The molecular weight excluding hydrogens is 432 g/mol. The van der Waals surface area contributed by atoms with E-state index in [1.54, 1.807) is 0 Å². The Morgan fingerprint density at radius 3 is 2.68 bits per heavy atom. The van der Waals surface area contributed by atoms with Crippen LogP contribution in [0.1, 0.15) is 58.4 Å². The summed E-state index contributed by atoms with van der Waals surface area (Å²) < 4.78 is 5.42. The van der Waals surface area contributed by atoms with Crippen LogP contribution >= 0.6 is 21.8 Å². The van der Waals surface area contributed by atoms with Crippen LogP contribution in [0.3, 0.4) is 0 Å². The maximum Gasteiger partial charge on any atom is 0.417 e. The number of hydrogen-bond acceptors (Lipinski definition) is 7. The number of imide groups is 1. The minimum absolute atomic E-state index is 0.0646. The van der Waals surface area contributed by atoms with Crippen molar-refractivity contribution in [3.63, 3.8) is 0 Å². The summed E-state index contributed by atoms with van der Waals surface area (Å²) in [5.74, 6) is 2.36. The zero-order valence-corrected chi connectivity index (χ0v) is 21.0. The summed E-state index contributed by atoms with van der Waals surface area (Å²) >= 11 is 1.54. The molecule has 1 aliphatic heterocycles. The van der Waals surface area contributed by atoms with E-state index in [0.717, 1.165) is 34.5 Å². The molecule has 2 fully saturated rings. The van der Waals surface area contributed by atoms with E-state index in [4.69, 9.17) is 9.72 Å². The highest BCUT2D eigenvalue weighted by Gasteiger charge is 2.42. The Morgan fingerprint density at radius 1 is 1.32 bits per heavy atom. The molecule has 1 atom stereocenters. The molecule has 1 aromatic rings. The van der Waals surface area contributed by atoms with E-state index in [-0.39, 0.29) is 5.24 Å². The van der Waals surface area contributed by atoms with Gasteiger partial charge in [0.15, 0.2) is 5.16 Å². The van der Waals surface area contributed by atoms with Crippen LogP contribution in [0.4, 0.5) is 15.4 Å². The van der Waals surface area contributed by atoms with Gasteiger partial charge in [-0.3, -0.25) is 4.79 Å². The smallest absolute Gasteiger partial charge is 0.417 e. The zero-order chi connectivity index (χ0) is 22.6. The lowest BCUT2D eigenvalue weighted by molar-refractivity contribution is 0.0357. The number of aromatic nitrogens is 2. The minimum Gasteiger partial charge on any atom is -0.443 e. The Morgan fingerprint density at radius 2 is 2.03 bits per heavy atom. The monoisotopic (exact) mass is 468 g/mol. The number of ether oxygens (including phenoxy) is 1. The number of carbonyl (C=O) groups excluding carboxylic acids is 2. The van der Waals surface area contributed by atoms with Crippen molar-refractivity contribution in [3.05, 3.63) is 11.8 Å². The van der Waals surface area contributed by atoms with E-state index in [1.165, 1.54) is 48.8 Å².